The second-order valence-corrected chi connectivity index (χ2v) is 7.46. The Kier molecular flexibility index (Phi) is 6.43. The van der Waals surface area contributed by atoms with Gasteiger partial charge in [0.25, 0.3) is 5.91 Å². The molecule has 7 nitrogen and oxygen atoms in total. The van der Waals surface area contributed by atoms with Gasteiger partial charge in [-0.2, -0.15) is 13.2 Å². The number of nitrogens with two attached hydrogens (primary N) is 1. The molecular formula is C18H24F3N3O4. The summed E-state index contributed by atoms with van der Waals surface area (Å²) in [6.45, 7) is 6.13. The van der Waals surface area contributed by atoms with E-state index < -0.39 is 34.9 Å². The Morgan fingerprint density at radius 3 is 2.29 bits per heavy atom. The van der Waals surface area contributed by atoms with Crippen molar-refractivity contribution in [1.29, 1.82) is 0 Å². The van der Waals surface area contributed by atoms with Crippen LogP contribution in [0.5, 0.6) is 5.75 Å². The maximum Gasteiger partial charge on any atom is 0.417 e. The number of carbonyl (C=O) groups is 2. The van der Waals surface area contributed by atoms with Crippen molar-refractivity contribution in [1.82, 2.24) is 10.3 Å². The predicted molar refractivity (Wildman–Crippen MR) is 94.6 cm³/mol. The highest BCUT2D eigenvalue weighted by atomic mass is 19.4. The van der Waals surface area contributed by atoms with E-state index in [9.17, 15) is 22.8 Å². The van der Waals surface area contributed by atoms with Gasteiger partial charge in [0.1, 0.15) is 17.5 Å². The average Bonchev–Trinajstić information content (AvgIpc) is 2.59. The van der Waals surface area contributed by atoms with Crippen molar-refractivity contribution in [3.63, 3.8) is 0 Å². The number of piperidine rings is 1. The van der Waals surface area contributed by atoms with E-state index in [0.717, 1.165) is 18.2 Å². The molecule has 10 heteroatoms. The van der Waals surface area contributed by atoms with E-state index in [0.29, 0.717) is 25.9 Å². The number of rotatable bonds is 3. The second-order valence-electron chi connectivity index (χ2n) is 7.46. The fraction of sp³-hybridized carbons (Fsp3) is 0.556. The fourth-order valence-corrected chi connectivity index (χ4v) is 2.78. The highest BCUT2D eigenvalue weighted by Gasteiger charge is 2.35. The summed E-state index contributed by atoms with van der Waals surface area (Å²) in [5.41, 5.74) is -0.591. The van der Waals surface area contributed by atoms with Crippen LogP contribution in [0.4, 0.5) is 18.0 Å². The molecule has 1 aromatic rings. The lowest BCUT2D eigenvalue weighted by atomic mass is 10.1. The number of nitrogens with zero attached hydrogens (tertiary/aromatic N) is 1. The summed E-state index contributed by atoms with van der Waals surface area (Å²) >= 11 is 0. The predicted octanol–water partition coefficient (Wildman–Crippen LogP) is 3.09. The minimum Gasteiger partial charge on any atom is -0.490 e. The van der Waals surface area contributed by atoms with Crippen LogP contribution in [0, 0.1) is 0 Å². The van der Waals surface area contributed by atoms with Crippen LogP contribution in [0.3, 0.4) is 0 Å². The van der Waals surface area contributed by atoms with Gasteiger partial charge in [-0.1, -0.05) is 0 Å². The molecule has 0 unspecified atom stereocenters. The molecule has 2 rings (SSSR count). The number of alkyl halides is 3. The Bertz CT molecular complexity index is 724. The van der Waals surface area contributed by atoms with E-state index in [1.807, 2.05) is 0 Å². The normalized spacial score (nSPS) is 15.9. The third-order valence-electron chi connectivity index (χ3n) is 4.07. The summed E-state index contributed by atoms with van der Waals surface area (Å²) in [5.74, 6) is 4.05. The van der Waals surface area contributed by atoms with Gasteiger partial charge in [0.2, 0.25) is 0 Å². The van der Waals surface area contributed by atoms with Gasteiger partial charge in [-0.3, -0.25) is 10.2 Å². The minimum absolute atomic E-state index is 0.127. The SMILES string of the molecule is CC(C)(C)OC(=O)N1CCC(Oc2ccc(C(F)(F)F)c(C(=O)NN)c2)CC1. The standard InChI is InChI=1S/C18H24F3N3O4/c1-17(2,3)28-16(26)24-8-6-11(7-9-24)27-12-4-5-14(18(19,20)21)13(10-12)15(25)23-22/h4-5,10-11H,6-9,22H2,1-3H3,(H,23,25). The zero-order valence-corrected chi connectivity index (χ0v) is 15.9. The first-order valence-corrected chi connectivity index (χ1v) is 8.77. The Morgan fingerprint density at radius 1 is 1.18 bits per heavy atom. The largest absolute Gasteiger partial charge is 0.490 e. The van der Waals surface area contributed by atoms with Crippen LogP contribution in [0.2, 0.25) is 0 Å². The quantitative estimate of drug-likeness (QED) is 0.460. The third-order valence-corrected chi connectivity index (χ3v) is 4.07. The molecule has 28 heavy (non-hydrogen) atoms. The van der Waals surface area contributed by atoms with E-state index in [-0.39, 0.29) is 11.9 Å². The second kappa shape index (κ2) is 8.26. The van der Waals surface area contributed by atoms with Crippen LogP contribution < -0.4 is 16.0 Å². The highest BCUT2D eigenvalue weighted by molar-refractivity contribution is 5.95. The van der Waals surface area contributed by atoms with Crippen molar-refractivity contribution in [3.05, 3.63) is 29.3 Å². The number of ether oxygens (including phenoxy) is 2. The molecule has 1 heterocycles. The van der Waals surface area contributed by atoms with Gasteiger partial charge >= 0.3 is 12.3 Å². The summed E-state index contributed by atoms with van der Waals surface area (Å²) in [5, 5.41) is 0. The lowest BCUT2D eigenvalue weighted by Crippen LogP contribution is -2.44. The average molecular weight is 403 g/mol. The molecule has 0 aliphatic carbocycles. The van der Waals surface area contributed by atoms with Crippen LogP contribution in [0.15, 0.2) is 18.2 Å². The maximum absolute atomic E-state index is 13.1. The summed E-state index contributed by atoms with van der Waals surface area (Å²) < 4.78 is 50.2. The Hall–Kier alpha value is -2.49. The first-order valence-electron chi connectivity index (χ1n) is 8.77. The molecule has 156 valence electrons. The van der Waals surface area contributed by atoms with Crippen LogP contribution >= 0.6 is 0 Å². The first kappa shape index (κ1) is 21.8. The molecule has 3 N–H and O–H groups in total. The van der Waals surface area contributed by atoms with Gasteiger partial charge in [-0.25, -0.2) is 10.6 Å². The fourth-order valence-electron chi connectivity index (χ4n) is 2.78. The molecule has 1 aromatic carbocycles. The van der Waals surface area contributed by atoms with Gasteiger partial charge in [0.15, 0.2) is 0 Å². The van der Waals surface area contributed by atoms with Crippen molar-refractivity contribution in [3.8, 4) is 5.75 Å². The molecule has 0 saturated carbocycles. The van der Waals surface area contributed by atoms with E-state index in [1.165, 1.54) is 0 Å². The molecule has 0 atom stereocenters. The zero-order chi connectivity index (χ0) is 21.1. The molecule has 2 amide bonds. The topological polar surface area (TPSA) is 93.9 Å². The zero-order valence-electron chi connectivity index (χ0n) is 15.9. The molecule has 1 fully saturated rings. The number of hydrazine groups is 1. The molecule has 1 saturated heterocycles. The van der Waals surface area contributed by atoms with E-state index in [2.05, 4.69) is 0 Å². The molecular weight excluding hydrogens is 379 g/mol. The van der Waals surface area contributed by atoms with E-state index in [1.54, 1.807) is 31.1 Å². The number of halogens is 3. The van der Waals surface area contributed by atoms with Gasteiger partial charge in [-0.05, 0) is 39.0 Å². The smallest absolute Gasteiger partial charge is 0.417 e. The Labute approximate surface area is 160 Å². The monoisotopic (exact) mass is 403 g/mol. The Balaban J connectivity index is 2.03. The van der Waals surface area contributed by atoms with Gasteiger partial charge < -0.3 is 14.4 Å². The first-order chi connectivity index (χ1) is 12.9. The number of likely N-dealkylation sites (tertiary alicyclic amines) is 1. The lowest BCUT2D eigenvalue weighted by molar-refractivity contribution is -0.138. The number of carbonyl (C=O) groups excluding carboxylic acids is 2. The van der Waals surface area contributed by atoms with Crippen LogP contribution in [0.1, 0.15) is 49.5 Å². The number of amides is 2. The number of hydrogen-bond donors (Lipinski definition) is 2. The van der Waals surface area contributed by atoms with Gasteiger partial charge in [-0.15, -0.1) is 0 Å². The van der Waals surface area contributed by atoms with Crippen molar-refractivity contribution in [2.24, 2.45) is 5.84 Å². The molecule has 1 aliphatic heterocycles. The summed E-state index contributed by atoms with van der Waals surface area (Å²) in [4.78, 5) is 25.3. The molecule has 1 aliphatic rings. The minimum atomic E-state index is -4.70. The summed E-state index contributed by atoms with van der Waals surface area (Å²) in [6.07, 6.45) is -4.44. The molecule has 0 spiro atoms. The molecule has 0 radical (unpaired) electrons. The van der Waals surface area contributed by atoms with Crippen LogP contribution in [-0.4, -0.2) is 41.7 Å². The number of nitrogen functional groups attached to an aromatic ring is 1. The number of hydrogen-bond acceptors (Lipinski definition) is 5. The number of nitrogens with one attached hydrogen (secondary N) is 1. The third kappa shape index (κ3) is 5.75. The molecule has 0 aromatic heterocycles. The maximum atomic E-state index is 13.1. The van der Waals surface area contributed by atoms with Crippen molar-refractivity contribution < 1.29 is 32.2 Å². The van der Waals surface area contributed by atoms with Gasteiger partial charge in [0.05, 0.1) is 11.1 Å². The highest BCUT2D eigenvalue weighted by Crippen LogP contribution is 2.34. The van der Waals surface area contributed by atoms with E-state index in [4.69, 9.17) is 15.3 Å². The summed E-state index contributed by atoms with van der Waals surface area (Å²) in [6, 6.07) is 2.97. The van der Waals surface area contributed by atoms with Crippen LogP contribution in [-0.2, 0) is 10.9 Å². The molecule has 0 bridgehead atoms. The number of benzene rings is 1. The Morgan fingerprint density at radius 2 is 1.79 bits per heavy atom. The van der Waals surface area contributed by atoms with Crippen molar-refractivity contribution in [2.75, 3.05) is 13.1 Å². The van der Waals surface area contributed by atoms with Gasteiger partial charge in [0, 0.05) is 25.9 Å². The lowest BCUT2D eigenvalue weighted by Gasteiger charge is -2.33. The van der Waals surface area contributed by atoms with Crippen molar-refractivity contribution >= 4 is 12.0 Å². The van der Waals surface area contributed by atoms with E-state index >= 15 is 0 Å². The summed E-state index contributed by atoms with van der Waals surface area (Å²) in [7, 11) is 0. The van der Waals surface area contributed by atoms with Crippen molar-refractivity contribution in [2.45, 2.75) is 51.5 Å². The van der Waals surface area contributed by atoms with Crippen LogP contribution in [0.25, 0.3) is 0 Å².